The van der Waals surface area contributed by atoms with Crippen LogP contribution in [0.25, 0.3) is 4.85 Å². The summed E-state index contributed by atoms with van der Waals surface area (Å²) >= 11 is 5.42. The van der Waals surface area contributed by atoms with Gasteiger partial charge in [0.25, 0.3) is 0 Å². The lowest BCUT2D eigenvalue weighted by atomic mass is 10.0. The zero-order chi connectivity index (χ0) is 20.1. The van der Waals surface area contributed by atoms with Crippen LogP contribution in [0.2, 0.25) is 0 Å². The van der Waals surface area contributed by atoms with Crippen LogP contribution in [-0.2, 0) is 9.53 Å². The van der Waals surface area contributed by atoms with Crippen molar-refractivity contribution in [1.82, 2.24) is 5.32 Å². The molecule has 0 unspecified atom stereocenters. The molecule has 2 saturated heterocycles. The summed E-state index contributed by atoms with van der Waals surface area (Å²) in [6.07, 6.45) is 1.92. The van der Waals surface area contributed by atoms with Gasteiger partial charge in [0, 0.05) is 13.1 Å². The second kappa shape index (κ2) is 8.93. The molecule has 0 bridgehead atoms. The van der Waals surface area contributed by atoms with Crippen LogP contribution in [0.1, 0.15) is 12.8 Å². The number of amides is 2. The minimum Gasteiger partial charge on any atom is -0.442 e. The van der Waals surface area contributed by atoms with Crippen LogP contribution >= 0.6 is 11.6 Å². The van der Waals surface area contributed by atoms with E-state index in [-0.39, 0.29) is 24.9 Å². The number of alkyl halides is 1. The number of carbonyl (C=O) groups is 2. The van der Waals surface area contributed by atoms with Crippen LogP contribution in [0, 0.1) is 12.4 Å². The van der Waals surface area contributed by atoms with Gasteiger partial charge in [0.05, 0.1) is 31.0 Å². The molecule has 28 heavy (non-hydrogen) atoms. The molecule has 0 spiro atoms. The molecule has 1 N–H and O–H groups in total. The molecular weight excluding hydrogens is 387 g/mol. The Morgan fingerprint density at radius 1 is 1.43 bits per heavy atom. The highest BCUT2D eigenvalue weighted by atomic mass is 35.5. The molecule has 2 aliphatic heterocycles. The van der Waals surface area contributed by atoms with E-state index in [1.807, 2.05) is 4.90 Å². The van der Waals surface area contributed by atoms with Crippen LogP contribution < -0.4 is 15.1 Å². The maximum Gasteiger partial charge on any atom is 0.414 e. The Hall–Kier alpha value is -2.79. The van der Waals surface area contributed by atoms with E-state index in [1.54, 1.807) is 18.3 Å². The summed E-state index contributed by atoms with van der Waals surface area (Å²) < 4.78 is 19.9. The van der Waals surface area contributed by atoms with E-state index in [0.717, 1.165) is 18.4 Å². The molecule has 1 aromatic carbocycles. The molecule has 7 nitrogen and oxygen atoms in total. The predicted molar refractivity (Wildman–Crippen MR) is 104 cm³/mol. The van der Waals surface area contributed by atoms with Crippen molar-refractivity contribution in [2.24, 2.45) is 0 Å². The third-order valence-corrected chi connectivity index (χ3v) is 5.00. The van der Waals surface area contributed by atoms with E-state index in [1.165, 1.54) is 11.0 Å². The average Bonchev–Trinajstić information content (AvgIpc) is 3.07. The molecule has 1 aromatic rings. The van der Waals surface area contributed by atoms with Crippen LogP contribution in [0.5, 0.6) is 0 Å². The number of piperidine rings is 1. The molecule has 2 aliphatic rings. The zero-order valence-electron chi connectivity index (χ0n) is 15.2. The van der Waals surface area contributed by atoms with Gasteiger partial charge in [0.15, 0.2) is 6.20 Å². The van der Waals surface area contributed by atoms with E-state index in [2.05, 4.69) is 10.2 Å². The first-order valence-electron chi connectivity index (χ1n) is 8.91. The van der Waals surface area contributed by atoms with Crippen LogP contribution in [-0.4, -0.2) is 50.2 Å². The fourth-order valence-corrected chi connectivity index (χ4v) is 3.38. The molecule has 2 amide bonds. The van der Waals surface area contributed by atoms with E-state index < -0.39 is 18.0 Å². The van der Waals surface area contributed by atoms with Gasteiger partial charge in [-0.25, -0.2) is 14.0 Å². The maximum absolute atomic E-state index is 14.7. The minimum atomic E-state index is -0.579. The SMILES string of the molecule is [C-]#[N+]C=C1CCN(c2ccc(N3C[C@H](CNC(=O)CCl)OC3=O)cc2F)CC1. The quantitative estimate of drug-likeness (QED) is 0.603. The van der Waals surface area contributed by atoms with Gasteiger partial charge in [0.1, 0.15) is 17.8 Å². The molecule has 9 heteroatoms. The lowest BCUT2D eigenvalue weighted by molar-refractivity contribution is -0.119. The lowest BCUT2D eigenvalue weighted by Gasteiger charge is -2.31. The van der Waals surface area contributed by atoms with Crippen molar-refractivity contribution in [2.45, 2.75) is 18.9 Å². The first-order valence-corrected chi connectivity index (χ1v) is 9.45. The summed E-state index contributed by atoms with van der Waals surface area (Å²) in [5, 5.41) is 2.56. The summed E-state index contributed by atoms with van der Waals surface area (Å²) in [5.41, 5.74) is 1.96. The molecule has 0 aromatic heterocycles. The van der Waals surface area contributed by atoms with E-state index >= 15 is 0 Å². The van der Waals surface area contributed by atoms with Gasteiger partial charge in [-0.3, -0.25) is 9.69 Å². The Bertz CT molecular complexity index is 829. The van der Waals surface area contributed by atoms with Gasteiger partial charge in [-0.05, 0) is 31.0 Å². The molecular formula is C19H20ClFN4O3. The number of rotatable bonds is 5. The van der Waals surface area contributed by atoms with Crippen molar-refractivity contribution in [3.05, 3.63) is 47.2 Å². The fraction of sp³-hybridized carbons (Fsp3) is 0.421. The smallest absolute Gasteiger partial charge is 0.414 e. The van der Waals surface area contributed by atoms with E-state index in [9.17, 15) is 14.0 Å². The van der Waals surface area contributed by atoms with Crippen LogP contribution in [0.15, 0.2) is 30.0 Å². The number of cyclic esters (lactones) is 1. The van der Waals surface area contributed by atoms with Gasteiger partial charge in [-0.1, -0.05) is 5.57 Å². The number of anilines is 2. The van der Waals surface area contributed by atoms with E-state index in [4.69, 9.17) is 22.9 Å². The molecule has 3 rings (SSSR count). The Kier molecular flexibility index (Phi) is 6.37. The lowest BCUT2D eigenvalue weighted by Crippen LogP contribution is -2.35. The maximum atomic E-state index is 14.7. The standard InChI is InChI=1S/C19H20ClFN4O3/c1-22-10-13-4-6-24(7-5-13)17-3-2-14(8-16(17)21)25-12-15(28-19(25)27)11-23-18(26)9-20/h2-3,8,10,15H,4-7,9,11-12H2,(H,23,26)/t15-/m0/s1. The Morgan fingerprint density at radius 3 is 2.82 bits per heavy atom. The Morgan fingerprint density at radius 2 is 2.18 bits per heavy atom. The number of hydrogen-bond donors (Lipinski definition) is 1. The number of ether oxygens (including phenoxy) is 1. The summed E-state index contributed by atoms with van der Waals surface area (Å²) in [6.45, 7) is 8.55. The molecule has 0 aliphatic carbocycles. The highest BCUT2D eigenvalue weighted by Gasteiger charge is 2.33. The second-order valence-corrected chi connectivity index (χ2v) is 6.86. The molecule has 2 fully saturated rings. The Balaban J connectivity index is 1.64. The average molecular weight is 407 g/mol. The third-order valence-electron chi connectivity index (χ3n) is 4.76. The van der Waals surface area contributed by atoms with Gasteiger partial charge in [-0.15, -0.1) is 11.6 Å². The highest BCUT2D eigenvalue weighted by molar-refractivity contribution is 6.27. The number of carbonyl (C=O) groups excluding carboxylic acids is 2. The first-order chi connectivity index (χ1) is 13.5. The van der Waals surface area contributed by atoms with Crippen LogP contribution in [0.3, 0.4) is 0 Å². The largest absolute Gasteiger partial charge is 0.442 e. The molecule has 1 atom stereocenters. The van der Waals surface area contributed by atoms with Crippen molar-refractivity contribution in [3.8, 4) is 0 Å². The number of hydrogen-bond acceptors (Lipinski definition) is 4. The monoisotopic (exact) mass is 406 g/mol. The summed E-state index contributed by atoms with van der Waals surface area (Å²) in [6, 6.07) is 4.66. The third kappa shape index (κ3) is 4.54. The molecule has 148 valence electrons. The topological polar surface area (TPSA) is 66.2 Å². The summed E-state index contributed by atoms with van der Waals surface area (Å²) in [5.74, 6) is -0.924. The van der Waals surface area contributed by atoms with Crippen molar-refractivity contribution in [1.29, 1.82) is 0 Å². The van der Waals surface area contributed by atoms with E-state index in [0.29, 0.717) is 24.5 Å². The first kappa shape index (κ1) is 20.0. The summed E-state index contributed by atoms with van der Waals surface area (Å²) in [4.78, 5) is 29.9. The number of nitrogens with zero attached hydrogens (tertiary/aromatic N) is 3. The summed E-state index contributed by atoms with van der Waals surface area (Å²) in [7, 11) is 0. The normalized spacial score (nSPS) is 19.2. The van der Waals surface area contributed by atoms with Gasteiger partial charge < -0.3 is 15.0 Å². The predicted octanol–water partition coefficient (Wildman–Crippen LogP) is 2.91. The number of nitrogens with one attached hydrogen (secondary N) is 1. The Labute approximate surface area is 167 Å². The zero-order valence-corrected chi connectivity index (χ0v) is 15.9. The molecule has 2 heterocycles. The van der Waals surface area contributed by atoms with Gasteiger partial charge in [-0.2, -0.15) is 0 Å². The number of halogens is 2. The highest BCUT2D eigenvalue weighted by Crippen LogP contribution is 2.30. The van der Waals surface area contributed by atoms with Crippen LogP contribution in [0.4, 0.5) is 20.6 Å². The van der Waals surface area contributed by atoms with Crippen molar-refractivity contribution < 1.29 is 18.7 Å². The van der Waals surface area contributed by atoms with Crippen molar-refractivity contribution in [3.63, 3.8) is 0 Å². The molecule has 0 radical (unpaired) electrons. The molecule has 0 saturated carbocycles. The number of benzene rings is 1. The van der Waals surface area contributed by atoms with Crippen molar-refractivity contribution >= 4 is 35.0 Å². The van der Waals surface area contributed by atoms with Gasteiger partial charge in [0.2, 0.25) is 5.91 Å². The fourth-order valence-electron chi connectivity index (χ4n) is 3.29. The second-order valence-electron chi connectivity index (χ2n) is 6.59. The van der Waals surface area contributed by atoms with Gasteiger partial charge >= 0.3 is 6.09 Å². The van der Waals surface area contributed by atoms with Crippen molar-refractivity contribution in [2.75, 3.05) is 41.9 Å². The minimum absolute atomic E-state index is 0.155.